The molecule has 98 valence electrons. The van der Waals surface area contributed by atoms with E-state index < -0.39 is 17.7 Å². The number of ether oxygens (including phenoxy) is 1. The maximum Gasteiger partial charge on any atom is 0.248 e. The maximum atomic E-state index is 13.5. The molecule has 1 unspecified atom stereocenters. The van der Waals surface area contributed by atoms with Crippen LogP contribution in [0, 0.1) is 11.6 Å². The summed E-state index contributed by atoms with van der Waals surface area (Å²) in [6.07, 6.45) is 0. The number of amides is 1. The minimum atomic E-state index is -0.691. The fourth-order valence-electron chi connectivity index (χ4n) is 1.88. The van der Waals surface area contributed by atoms with Gasteiger partial charge < -0.3 is 15.4 Å². The van der Waals surface area contributed by atoms with Gasteiger partial charge in [-0.05, 0) is 6.07 Å². The maximum absolute atomic E-state index is 13.5. The molecule has 6 heteroatoms. The van der Waals surface area contributed by atoms with E-state index in [1.54, 1.807) is 0 Å². The molecular formula is C12H14F2N2O2. The van der Waals surface area contributed by atoms with Crippen LogP contribution in [0.3, 0.4) is 0 Å². The molecule has 1 aromatic carbocycles. The fraction of sp³-hybridized carbons (Fsp3) is 0.417. The topological polar surface area (TPSA) is 55.6 Å². The van der Waals surface area contributed by atoms with Crippen LogP contribution in [0.1, 0.15) is 11.6 Å². The van der Waals surface area contributed by atoms with E-state index in [2.05, 4.69) is 0 Å². The first-order valence-corrected chi connectivity index (χ1v) is 5.64. The summed E-state index contributed by atoms with van der Waals surface area (Å²) in [6.45, 7) is 1.11. The summed E-state index contributed by atoms with van der Waals surface area (Å²) in [5.74, 6) is -1.51. The van der Waals surface area contributed by atoms with Gasteiger partial charge in [0.05, 0.1) is 12.6 Å². The van der Waals surface area contributed by atoms with E-state index in [0.717, 1.165) is 12.1 Å². The van der Waals surface area contributed by atoms with Gasteiger partial charge in [-0.15, -0.1) is 0 Å². The average Bonchev–Trinajstić information content (AvgIpc) is 2.32. The van der Waals surface area contributed by atoms with Crippen LogP contribution in [-0.4, -0.2) is 37.1 Å². The van der Waals surface area contributed by atoms with Crippen molar-refractivity contribution in [3.63, 3.8) is 0 Å². The Kier molecular flexibility index (Phi) is 3.88. The first-order valence-electron chi connectivity index (χ1n) is 5.64. The molecule has 0 aromatic heterocycles. The Bertz CT molecular complexity index is 454. The van der Waals surface area contributed by atoms with E-state index in [-0.39, 0.29) is 24.6 Å². The van der Waals surface area contributed by atoms with Crippen LogP contribution < -0.4 is 5.73 Å². The van der Waals surface area contributed by atoms with Crippen LogP contribution in [0.25, 0.3) is 0 Å². The molecular weight excluding hydrogens is 242 g/mol. The lowest BCUT2D eigenvalue weighted by atomic mass is 10.1. The first-order chi connectivity index (χ1) is 8.58. The molecule has 1 aromatic rings. The molecule has 1 fully saturated rings. The lowest BCUT2D eigenvalue weighted by molar-refractivity contribution is -0.142. The molecule has 1 atom stereocenters. The summed E-state index contributed by atoms with van der Waals surface area (Å²) < 4.78 is 31.3. The Labute approximate surface area is 103 Å². The van der Waals surface area contributed by atoms with E-state index in [4.69, 9.17) is 10.5 Å². The summed E-state index contributed by atoms with van der Waals surface area (Å²) in [6, 6.07) is 2.57. The smallest absolute Gasteiger partial charge is 0.248 e. The zero-order chi connectivity index (χ0) is 13.1. The first kappa shape index (κ1) is 12.9. The van der Waals surface area contributed by atoms with Crippen LogP contribution in [0.4, 0.5) is 8.78 Å². The van der Waals surface area contributed by atoms with Gasteiger partial charge in [-0.25, -0.2) is 8.78 Å². The normalized spacial score (nSPS) is 17.9. The summed E-state index contributed by atoms with van der Waals surface area (Å²) in [5, 5.41) is 0. The van der Waals surface area contributed by atoms with Crippen molar-refractivity contribution in [1.82, 2.24) is 4.90 Å². The Morgan fingerprint density at radius 1 is 1.44 bits per heavy atom. The molecule has 0 bridgehead atoms. The number of nitrogens with zero attached hydrogens (tertiary/aromatic N) is 1. The molecule has 0 aliphatic carbocycles. The van der Waals surface area contributed by atoms with Crippen molar-refractivity contribution >= 4 is 5.91 Å². The van der Waals surface area contributed by atoms with Gasteiger partial charge in [0.1, 0.15) is 18.2 Å². The van der Waals surface area contributed by atoms with Gasteiger partial charge in [0.25, 0.3) is 0 Å². The molecule has 1 aliphatic heterocycles. The molecule has 2 rings (SSSR count). The van der Waals surface area contributed by atoms with Gasteiger partial charge in [0.15, 0.2) is 0 Å². The molecule has 2 N–H and O–H groups in total. The number of hydrogen-bond donors (Lipinski definition) is 1. The second-order valence-corrected chi connectivity index (χ2v) is 4.16. The molecule has 18 heavy (non-hydrogen) atoms. The third-order valence-corrected chi connectivity index (χ3v) is 2.86. The number of hydrogen-bond acceptors (Lipinski definition) is 3. The number of morpholine rings is 1. The number of benzene rings is 1. The number of carbonyl (C=O) groups is 1. The Morgan fingerprint density at radius 2 is 2.22 bits per heavy atom. The van der Waals surface area contributed by atoms with Crippen molar-refractivity contribution in [2.75, 3.05) is 26.3 Å². The van der Waals surface area contributed by atoms with Crippen molar-refractivity contribution in [2.45, 2.75) is 6.04 Å². The second kappa shape index (κ2) is 5.41. The molecule has 1 aliphatic rings. The van der Waals surface area contributed by atoms with Gasteiger partial charge in [-0.1, -0.05) is 6.07 Å². The SMILES string of the molecule is NC(CN1CCOCC1=O)c1ccc(F)cc1F. The molecule has 0 radical (unpaired) electrons. The van der Waals surface area contributed by atoms with E-state index in [0.29, 0.717) is 13.2 Å². The van der Waals surface area contributed by atoms with Gasteiger partial charge in [-0.2, -0.15) is 0 Å². The predicted molar refractivity (Wildman–Crippen MR) is 60.7 cm³/mol. The third kappa shape index (κ3) is 2.83. The molecule has 1 heterocycles. The van der Waals surface area contributed by atoms with Gasteiger partial charge in [-0.3, -0.25) is 4.79 Å². The second-order valence-electron chi connectivity index (χ2n) is 4.16. The van der Waals surface area contributed by atoms with Gasteiger partial charge >= 0.3 is 0 Å². The van der Waals surface area contributed by atoms with Crippen molar-refractivity contribution in [3.8, 4) is 0 Å². The highest BCUT2D eigenvalue weighted by Crippen LogP contribution is 2.17. The molecule has 0 saturated carbocycles. The van der Waals surface area contributed by atoms with Crippen LogP contribution in [0.5, 0.6) is 0 Å². The fourth-order valence-corrected chi connectivity index (χ4v) is 1.88. The van der Waals surface area contributed by atoms with Crippen LogP contribution in [0.2, 0.25) is 0 Å². The Morgan fingerprint density at radius 3 is 2.89 bits per heavy atom. The monoisotopic (exact) mass is 256 g/mol. The summed E-state index contributed by atoms with van der Waals surface area (Å²) in [5.41, 5.74) is 6.05. The quantitative estimate of drug-likeness (QED) is 0.871. The number of rotatable bonds is 3. The average molecular weight is 256 g/mol. The van der Waals surface area contributed by atoms with Crippen molar-refractivity contribution < 1.29 is 18.3 Å². The number of carbonyl (C=O) groups excluding carboxylic acids is 1. The highest BCUT2D eigenvalue weighted by molar-refractivity contribution is 5.78. The highest BCUT2D eigenvalue weighted by Gasteiger charge is 2.22. The van der Waals surface area contributed by atoms with Crippen LogP contribution in [0.15, 0.2) is 18.2 Å². The zero-order valence-electron chi connectivity index (χ0n) is 9.73. The largest absolute Gasteiger partial charge is 0.370 e. The zero-order valence-corrected chi connectivity index (χ0v) is 9.73. The van der Waals surface area contributed by atoms with Crippen LogP contribution >= 0.6 is 0 Å². The summed E-state index contributed by atoms with van der Waals surface area (Å²) in [4.78, 5) is 13.0. The number of halogens is 2. The summed E-state index contributed by atoms with van der Waals surface area (Å²) in [7, 11) is 0. The standard InChI is InChI=1S/C12H14F2N2O2/c13-8-1-2-9(10(14)5-8)11(15)6-16-3-4-18-7-12(16)17/h1-2,5,11H,3-4,6-7,15H2. The molecule has 1 saturated heterocycles. The third-order valence-electron chi connectivity index (χ3n) is 2.86. The lowest BCUT2D eigenvalue weighted by Gasteiger charge is -2.29. The summed E-state index contributed by atoms with van der Waals surface area (Å²) >= 11 is 0. The van der Waals surface area contributed by atoms with Crippen molar-refractivity contribution in [2.24, 2.45) is 5.73 Å². The molecule has 0 spiro atoms. The minimum absolute atomic E-state index is 0.0264. The van der Waals surface area contributed by atoms with Crippen LogP contribution in [-0.2, 0) is 9.53 Å². The Balaban J connectivity index is 2.06. The van der Waals surface area contributed by atoms with Crippen molar-refractivity contribution in [3.05, 3.63) is 35.4 Å². The molecule has 1 amide bonds. The lowest BCUT2D eigenvalue weighted by Crippen LogP contribution is -2.45. The minimum Gasteiger partial charge on any atom is -0.370 e. The predicted octanol–water partition coefficient (Wildman–Crippen LogP) is 0.823. The molecule has 4 nitrogen and oxygen atoms in total. The van der Waals surface area contributed by atoms with E-state index in [1.165, 1.54) is 11.0 Å². The Hall–Kier alpha value is -1.53. The van der Waals surface area contributed by atoms with Crippen molar-refractivity contribution in [1.29, 1.82) is 0 Å². The van der Waals surface area contributed by atoms with E-state index >= 15 is 0 Å². The van der Waals surface area contributed by atoms with Gasteiger partial charge in [0.2, 0.25) is 5.91 Å². The number of nitrogens with two attached hydrogens (primary N) is 1. The van der Waals surface area contributed by atoms with E-state index in [9.17, 15) is 13.6 Å². The van der Waals surface area contributed by atoms with Gasteiger partial charge in [0, 0.05) is 24.7 Å². The van der Waals surface area contributed by atoms with E-state index in [1.807, 2.05) is 0 Å². The highest BCUT2D eigenvalue weighted by atomic mass is 19.1.